The Hall–Kier alpha value is -6.21. The van der Waals surface area contributed by atoms with E-state index in [2.05, 4.69) is 198 Å². The van der Waals surface area contributed by atoms with Crippen LogP contribution in [0.2, 0.25) is 26.2 Å². The molecule has 2 aromatic heterocycles. The topological polar surface area (TPSA) is 25.8 Å². The van der Waals surface area contributed by atoms with Crippen LogP contribution in [0.15, 0.2) is 158 Å². The molecule has 2 aliphatic heterocycles. The van der Waals surface area contributed by atoms with Gasteiger partial charge in [0, 0.05) is 21.9 Å². The molecule has 0 amide bonds. The minimum atomic E-state index is -1.68. The molecule has 0 radical (unpaired) electrons. The number of nitrogens with zero attached hydrogens (tertiary/aromatic N) is 2. The summed E-state index contributed by atoms with van der Waals surface area (Å²) >= 11 is 0. The number of aryl methyl sites for hydroxylation is 2. The highest BCUT2D eigenvalue weighted by Gasteiger charge is 2.38. The molecule has 0 spiro atoms. The minimum Gasteiger partial charge on any atom is -0.245 e. The Morgan fingerprint density at radius 2 is 0.672 bits per heavy atom. The molecule has 4 heterocycles. The summed E-state index contributed by atoms with van der Waals surface area (Å²) in [6.45, 7) is 14.3. The van der Waals surface area contributed by atoms with Crippen molar-refractivity contribution in [2.75, 3.05) is 0 Å². The van der Waals surface area contributed by atoms with Gasteiger partial charge < -0.3 is 0 Å². The summed E-state index contributed by atoms with van der Waals surface area (Å²) < 4.78 is 0. The van der Waals surface area contributed by atoms with Crippen molar-refractivity contribution in [3.8, 4) is 67.0 Å². The fraction of sp³-hybridized carbons (Fsp3) is 0.111. The van der Waals surface area contributed by atoms with Crippen LogP contribution in [-0.4, -0.2) is 26.1 Å². The quantitative estimate of drug-likeness (QED) is 0.131. The van der Waals surface area contributed by atoms with Crippen molar-refractivity contribution in [1.29, 1.82) is 0 Å². The predicted molar refractivity (Wildman–Crippen MR) is 253 cm³/mol. The molecular formula is C54H44N2Si2. The zero-order chi connectivity index (χ0) is 39.5. The Kier molecular flexibility index (Phi) is 7.63. The SMILES string of the molecule is Cc1cc(-c2ccc(-c3ccc4c(c3)-c3ccccc3[Si]4(C)C)cc2)nc2c1ccc1c(C)cc(-c3ccc(-c4ccc5c(c4)-c4ccccc4[Si]5(C)C)cc3)nc12. The van der Waals surface area contributed by atoms with Gasteiger partial charge in [-0.15, -0.1) is 0 Å². The van der Waals surface area contributed by atoms with E-state index in [1.807, 2.05) is 0 Å². The summed E-state index contributed by atoms with van der Waals surface area (Å²) in [5.41, 5.74) is 19.0. The van der Waals surface area contributed by atoms with E-state index in [0.29, 0.717) is 0 Å². The van der Waals surface area contributed by atoms with E-state index in [4.69, 9.17) is 9.97 Å². The average Bonchev–Trinajstić information content (AvgIpc) is 3.62. The molecule has 278 valence electrons. The van der Waals surface area contributed by atoms with Gasteiger partial charge in [-0.25, -0.2) is 9.97 Å². The third kappa shape index (κ3) is 5.21. The Balaban J connectivity index is 0.933. The first kappa shape index (κ1) is 35.0. The maximum Gasteiger partial charge on any atom is 0.113 e. The number of benzene rings is 7. The molecule has 0 N–H and O–H groups in total. The lowest BCUT2D eigenvalue weighted by Crippen LogP contribution is -2.49. The molecule has 7 aromatic carbocycles. The van der Waals surface area contributed by atoms with Gasteiger partial charge in [-0.05, 0) is 114 Å². The van der Waals surface area contributed by atoms with Crippen LogP contribution in [0.25, 0.3) is 88.8 Å². The molecule has 4 heteroatoms. The second kappa shape index (κ2) is 12.6. The van der Waals surface area contributed by atoms with Crippen molar-refractivity contribution in [2.45, 2.75) is 40.0 Å². The Morgan fingerprint density at radius 3 is 1.09 bits per heavy atom. The van der Waals surface area contributed by atoms with Gasteiger partial charge >= 0.3 is 0 Å². The zero-order valence-electron chi connectivity index (χ0n) is 33.9. The van der Waals surface area contributed by atoms with Gasteiger partial charge in [0.2, 0.25) is 0 Å². The summed E-state index contributed by atoms with van der Waals surface area (Å²) in [5.74, 6) is 0. The Morgan fingerprint density at radius 1 is 0.328 bits per heavy atom. The minimum absolute atomic E-state index is 0.951. The molecule has 9 aromatic rings. The summed E-state index contributed by atoms with van der Waals surface area (Å²) in [7, 11) is -3.35. The van der Waals surface area contributed by atoms with E-state index >= 15 is 0 Å². The van der Waals surface area contributed by atoms with E-state index in [1.165, 1.54) is 66.0 Å². The number of hydrogen-bond acceptors (Lipinski definition) is 2. The summed E-state index contributed by atoms with van der Waals surface area (Å²) in [6.07, 6.45) is 0. The van der Waals surface area contributed by atoms with E-state index in [9.17, 15) is 0 Å². The van der Waals surface area contributed by atoms with Gasteiger partial charge in [0.1, 0.15) is 16.1 Å². The normalized spacial score (nSPS) is 14.3. The first-order chi connectivity index (χ1) is 28.1. The zero-order valence-corrected chi connectivity index (χ0v) is 35.9. The molecule has 2 nitrogen and oxygen atoms in total. The van der Waals surface area contributed by atoms with Crippen molar-refractivity contribution in [1.82, 2.24) is 9.97 Å². The van der Waals surface area contributed by atoms with Crippen molar-refractivity contribution >= 4 is 58.7 Å². The third-order valence-electron chi connectivity index (χ3n) is 13.4. The number of rotatable bonds is 4. The smallest absolute Gasteiger partial charge is 0.113 e. The molecule has 0 atom stereocenters. The largest absolute Gasteiger partial charge is 0.245 e. The van der Waals surface area contributed by atoms with Crippen LogP contribution < -0.4 is 20.7 Å². The molecule has 0 saturated carbocycles. The fourth-order valence-electron chi connectivity index (χ4n) is 10.1. The highest BCUT2D eigenvalue weighted by molar-refractivity contribution is 7.04. The lowest BCUT2D eigenvalue weighted by atomic mass is 9.96. The highest BCUT2D eigenvalue weighted by Crippen LogP contribution is 2.37. The lowest BCUT2D eigenvalue weighted by molar-refractivity contribution is 1.33. The number of pyridine rings is 2. The van der Waals surface area contributed by atoms with E-state index in [-0.39, 0.29) is 0 Å². The van der Waals surface area contributed by atoms with E-state index in [1.54, 1.807) is 10.4 Å². The molecule has 0 bridgehead atoms. The highest BCUT2D eigenvalue weighted by atomic mass is 28.3. The maximum atomic E-state index is 5.35. The molecule has 0 fully saturated rings. The van der Waals surface area contributed by atoms with Crippen LogP contribution in [0.4, 0.5) is 0 Å². The molecule has 0 unspecified atom stereocenters. The second-order valence-corrected chi connectivity index (χ2v) is 26.2. The predicted octanol–water partition coefficient (Wildman–Crippen LogP) is 11.7. The Labute approximate surface area is 343 Å². The fourth-order valence-corrected chi connectivity index (χ4v) is 16.2. The van der Waals surface area contributed by atoms with Crippen molar-refractivity contribution in [3.63, 3.8) is 0 Å². The van der Waals surface area contributed by atoms with Gasteiger partial charge in [-0.3, -0.25) is 0 Å². The monoisotopic (exact) mass is 776 g/mol. The molecule has 2 aliphatic rings. The van der Waals surface area contributed by atoms with Crippen LogP contribution in [-0.2, 0) is 0 Å². The third-order valence-corrected chi connectivity index (χ3v) is 20.5. The van der Waals surface area contributed by atoms with Crippen molar-refractivity contribution in [2.24, 2.45) is 0 Å². The molecule has 0 aliphatic carbocycles. The lowest BCUT2D eigenvalue weighted by Gasteiger charge is -2.18. The number of fused-ring (bicyclic) bond motifs is 9. The van der Waals surface area contributed by atoms with E-state index < -0.39 is 16.1 Å². The first-order valence-corrected chi connectivity index (χ1v) is 26.5. The molecule has 0 saturated heterocycles. The van der Waals surface area contributed by atoms with Crippen LogP contribution in [0, 0.1) is 13.8 Å². The number of aromatic nitrogens is 2. The second-order valence-electron chi connectivity index (χ2n) is 17.5. The van der Waals surface area contributed by atoms with E-state index in [0.717, 1.165) is 44.3 Å². The summed E-state index contributed by atoms with van der Waals surface area (Å²) in [5, 5.41) is 8.44. The summed E-state index contributed by atoms with van der Waals surface area (Å²) in [4.78, 5) is 10.7. The molecule has 58 heavy (non-hydrogen) atoms. The Bertz CT molecular complexity index is 2960. The van der Waals surface area contributed by atoms with Gasteiger partial charge in [0.25, 0.3) is 0 Å². The standard InChI is InChI=1S/C54H44N2Si2/c1-33-29-47(37-19-15-35(16-20-37)39-23-27-51-45(31-39)43-11-7-9-13-49(43)57(51,3)4)55-53-41(33)25-26-42-34(2)30-48(56-54(42)53)38-21-17-36(18-22-38)40-24-28-52-46(32-40)44-12-8-10-14-50(44)58(52,5)6/h7-32H,1-6H3. The molecule has 11 rings (SSSR count). The van der Waals surface area contributed by atoms with Gasteiger partial charge in [-0.1, -0.05) is 160 Å². The van der Waals surface area contributed by atoms with Crippen LogP contribution in [0.1, 0.15) is 11.1 Å². The van der Waals surface area contributed by atoms with Gasteiger partial charge in [-0.2, -0.15) is 0 Å². The maximum absolute atomic E-state index is 5.35. The van der Waals surface area contributed by atoms with Crippen LogP contribution in [0.3, 0.4) is 0 Å². The van der Waals surface area contributed by atoms with Crippen LogP contribution >= 0.6 is 0 Å². The van der Waals surface area contributed by atoms with Crippen molar-refractivity contribution in [3.05, 3.63) is 169 Å². The molecular weight excluding hydrogens is 733 g/mol. The van der Waals surface area contributed by atoms with Gasteiger partial charge in [0.15, 0.2) is 0 Å². The average molecular weight is 777 g/mol. The van der Waals surface area contributed by atoms with Gasteiger partial charge in [0.05, 0.1) is 22.4 Å². The van der Waals surface area contributed by atoms with Crippen molar-refractivity contribution < 1.29 is 0 Å². The van der Waals surface area contributed by atoms with Crippen LogP contribution in [0.5, 0.6) is 0 Å². The summed E-state index contributed by atoms with van der Waals surface area (Å²) in [6, 6.07) is 59.0. The first-order valence-electron chi connectivity index (χ1n) is 20.5. The number of hydrogen-bond donors (Lipinski definition) is 0.